The number of unbranched alkanes of at least 4 members (excludes halogenated alkanes) is 26. The van der Waals surface area contributed by atoms with Gasteiger partial charge in [-0.15, -0.1) is 5.16 Å². The van der Waals surface area contributed by atoms with E-state index in [0.717, 1.165) is 0 Å². The molecular formula is C34H69NO. The summed E-state index contributed by atoms with van der Waals surface area (Å²) in [6, 6.07) is 0. The number of nitrogens with zero attached hydrogens (tertiary/aromatic N) is 1. The Bertz CT molecular complexity index is 376. The smallest absolute Gasteiger partial charge is 0.0466 e. The summed E-state index contributed by atoms with van der Waals surface area (Å²) in [7, 11) is 0. The molecule has 0 heterocycles. The predicted octanol–water partition coefficient (Wildman–Crippen LogP) is 12.8. The summed E-state index contributed by atoms with van der Waals surface area (Å²) >= 11 is 0. The summed E-state index contributed by atoms with van der Waals surface area (Å²) in [5, 5.41) is 12.4. The van der Waals surface area contributed by atoms with Gasteiger partial charge in [-0.05, 0) is 18.8 Å². The molecule has 2 nitrogen and oxygen atoms in total. The van der Waals surface area contributed by atoms with Crippen LogP contribution >= 0.6 is 0 Å². The second kappa shape index (κ2) is 32.5. The average Bonchev–Trinajstić information content (AvgIpc) is 2.89. The molecule has 0 fully saturated rings. The van der Waals surface area contributed by atoms with Gasteiger partial charge in [-0.25, -0.2) is 0 Å². The van der Waals surface area contributed by atoms with Crippen LogP contribution in [0.3, 0.4) is 0 Å². The lowest BCUT2D eigenvalue weighted by Crippen LogP contribution is -2.02. The van der Waals surface area contributed by atoms with Crippen LogP contribution in [0.5, 0.6) is 0 Å². The fraction of sp³-hybridized carbons (Fsp3) is 0.971. The molecule has 0 saturated heterocycles. The minimum absolute atomic E-state index is 0.490. The van der Waals surface area contributed by atoms with Crippen molar-refractivity contribution in [2.24, 2.45) is 11.1 Å². The van der Waals surface area contributed by atoms with E-state index in [1.54, 1.807) is 0 Å². The molecule has 0 aromatic heterocycles. The highest BCUT2D eigenvalue weighted by molar-refractivity contribution is 5.59. The highest BCUT2D eigenvalue weighted by Crippen LogP contribution is 2.19. The van der Waals surface area contributed by atoms with Crippen molar-refractivity contribution < 1.29 is 5.21 Å². The van der Waals surface area contributed by atoms with Crippen molar-refractivity contribution in [1.82, 2.24) is 0 Å². The third-order valence-electron chi connectivity index (χ3n) is 8.13. The van der Waals surface area contributed by atoms with E-state index in [4.69, 9.17) is 5.21 Å². The minimum atomic E-state index is 0.490. The van der Waals surface area contributed by atoms with Gasteiger partial charge in [-0.3, -0.25) is 0 Å². The van der Waals surface area contributed by atoms with Gasteiger partial charge in [0.1, 0.15) is 0 Å². The van der Waals surface area contributed by atoms with Crippen molar-refractivity contribution in [2.45, 2.75) is 206 Å². The maximum atomic E-state index is 9.04. The summed E-state index contributed by atoms with van der Waals surface area (Å²) in [5.41, 5.74) is 0. The SMILES string of the molecule is CCCCCCCCCCCCCCCCC(C=NO)CCCCCCCCCCCCCCCC. The number of oxime groups is 1. The summed E-state index contributed by atoms with van der Waals surface area (Å²) in [5.74, 6) is 0.490. The van der Waals surface area contributed by atoms with Crippen LogP contribution in [0.4, 0.5) is 0 Å². The zero-order chi connectivity index (χ0) is 26.2. The summed E-state index contributed by atoms with van der Waals surface area (Å²) in [6.45, 7) is 4.59. The minimum Gasteiger partial charge on any atom is -0.411 e. The number of rotatable bonds is 31. The van der Waals surface area contributed by atoms with Crippen LogP contribution < -0.4 is 0 Å². The topological polar surface area (TPSA) is 32.6 Å². The molecule has 2 heteroatoms. The molecule has 0 saturated carbocycles. The summed E-state index contributed by atoms with van der Waals surface area (Å²) in [6.07, 6.45) is 43.8. The van der Waals surface area contributed by atoms with Crippen molar-refractivity contribution >= 4 is 6.21 Å². The van der Waals surface area contributed by atoms with Crippen LogP contribution in [0.1, 0.15) is 206 Å². The molecular weight excluding hydrogens is 438 g/mol. The molecule has 0 bridgehead atoms. The quantitative estimate of drug-likeness (QED) is 0.0430. The third kappa shape index (κ3) is 29.7. The van der Waals surface area contributed by atoms with E-state index in [9.17, 15) is 0 Å². The molecule has 0 aromatic rings. The number of hydrogen-bond donors (Lipinski definition) is 1. The lowest BCUT2D eigenvalue weighted by molar-refractivity contribution is 0.316. The third-order valence-corrected chi connectivity index (χ3v) is 8.13. The lowest BCUT2D eigenvalue weighted by Gasteiger charge is -2.11. The molecule has 0 radical (unpaired) electrons. The van der Waals surface area contributed by atoms with Gasteiger partial charge in [-0.1, -0.05) is 194 Å². The Kier molecular flexibility index (Phi) is 32.0. The van der Waals surface area contributed by atoms with E-state index in [2.05, 4.69) is 19.0 Å². The van der Waals surface area contributed by atoms with Crippen LogP contribution in [0.2, 0.25) is 0 Å². The first-order valence-electron chi connectivity index (χ1n) is 17.0. The van der Waals surface area contributed by atoms with Crippen LogP contribution in [0.25, 0.3) is 0 Å². The van der Waals surface area contributed by atoms with Crippen molar-refractivity contribution in [2.75, 3.05) is 0 Å². The molecule has 0 unspecified atom stereocenters. The highest BCUT2D eigenvalue weighted by atomic mass is 16.4. The molecule has 0 amide bonds. The lowest BCUT2D eigenvalue weighted by atomic mass is 9.95. The van der Waals surface area contributed by atoms with Crippen LogP contribution in [-0.2, 0) is 0 Å². The Balaban J connectivity index is 3.38. The first kappa shape index (κ1) is 35.5. The molecule has 0 aromatic carbocycles. The van der Waals surface area contributed by atoms with E-state index in [1.807, 2.05) is 6.21 Å². The average molecular weight is 508 g/mol. The van der Waals surface area contributed by atoms with Crippen LogP contribution in [0, 0.1) is 5.92 Å². The molecule has 0 rings (SSSR count). The monoisotopic (exact) mass is 508 g/mol. The van der Waals surface area contributed by atoms with Gasteiger partial charge in [0.2, 0.25) is 0 Å². The molecule has 36 heavy (non-hydrogen) atoms. The van der Waals surface area contributed by atoms with Crippen molar-refractivity contribution in [3.05, 3.63) is 0 Å². The predicted molar refractivity (Wildman–Crippen MR) is 164 cm³/mol. The van der Waals surface area contributed by atoms with Crippen molar-refractivity contribution in [3.63, 3.8) is 0 Å². The van der Waals surface area contributed by atoms with E-state index < -0.39 is 0 Å². The normalized spacial score (nSPS) is 11.9. The first-order valence-corrected chi connectivity index (χ1v) is 17.0. The van der Waals surface area contributed by atoms with Gasteiger partial charge in [0, 0.05) is 6.21 Å². The van der Waals surface area contributed by atoms with Gasteiger partial charge in [0.25, 0.3) is 0 Å². The second-order valence-electron chi connectivity index (χ2n) is 11.8. The Morgan fingerprint density at radius 1 is 0.389 bits per heavy atom. The largest absolute Gasteiger partial charge is 0.411 e. The molecule has 0 aliphatic carbocycles. The zero-order valence-electron chi connectivity index (χ0n) is 25.3. The number of hydrogen-bond acceptors (Lipinski definition) is 2. The maximum absolute atomic E-state index is 9.04. The molecule has 0 spiro atoms. The standard InChI is InChI=1S/C34H69NO/c1-3-5-7-9-11-13-15-17-19-21-23-25-27-29-31-34(33-35-36)32-30-28-26-24-22-20-18-16-14-12-10-8-6-4-2/h33-34,36H,3-32H2,1-2H3. The van der Waals surface area contributed by atoms with Gasteiger partial charge >= 0.3 is 0 Å². The summed E-state index contributed by atoms with van der Waals surface area (Å²) in [4.78, 5) is 0. The van der Waals surface area contributed by atoms with E-state index in [1.165, 1.54) is 193 Å². The van der Waals surface area contributed by atoms with Gasteiger partial charge in [0.15, 0.2) is 0 Å². The molecule has 0 atom stereocenters. The fourth-order valence-electron chi connectivity index (χ4n) is 5.59. The molecule has 0 aliphatic rings. The van der Waals surface area contributed by atoms with Gasteiger partial charge in [-0.2, -0.15) is 0 Å². The van der Waals surface area contributed by atoms with Crippen molar-refractivity contribution in [1.29, 1.82) is 0 Å². The fourth-order valence-corrected chi connectivity index (χ4v) is 5.59. The Morgan fingerprint density at radius 3 is 0.833 bits per heavy atom. The molecule has 1 N–H and O–H groups in total. The highest BCUT2D eigenvalue weighted by Gasteiger charge is 2.06. The maximum Gasteiger partial charge on any atom is 0.0466 e. The summed E-state index contributed by atoms with van der Waals surface area (Å²) < 4.78 is 0. The van der Waals surface area contributed by atoms with E-state index in [0.29, 0.717) is 5.92 Å². The molecule has 216 valence electrons. The molecule has 0 aliphatic heterocycles. The Hall–Kier alpha value is -0.530. The van der Waals surface area contributed by atoms with Gasteiger partial charge < -0.3 is 5.21 Å². The zero-order valence-corrected chi connectivity index (χ0v) is 25.3. The second-order valence-corrected chi connectivity index (χ2v) is 11.8. The van der Waals surface area contributed by atoms with E-state index >= 15 is 0 Å². The Morgan fingerprint density at radius 2 is 0.611 bits per heavy atom. The van der Waals surface area contributed by atoms with Crippen LogP contribution in [-0.4, -0.2) is 11.4 Å². The first-order chi connectivity index (χ1) is 17.8. The van der Waals surface area contributed by atoms with Crippen LogP contribution in [0.15, 0.2) is 5.16 Å². The Labute approximate surface area is 228 Å². The van der Waals surface area contributed by atoms with Gasteiger partial charge in [0.05, 0.1) is 0 Å². The van der Waals surface area contributed by atoms with E-state index in [-0.39, 0.29) is 0 Å². The van der Waals surface area contributed by atoms with Crippen molar-refractivity contribution in [3.8, 4) is 0 Å².